The zero-order valence-electron chi connectivity index (χ0n) is 8.16. The highest BCUT2D eigenvalue weighted by atomic mass is 127. The van der Waals surface area contributed by atoms with Crippen molar-refractivity contribution < 1.29 is 4.74 Å². The topological polar surface area (TPSA) is 35.2 Å². The molecule has 0 aliphatic heterocycles. The molecule has 1 unspecified atom stereocenters. The van der Waals surface area contributed by atoms with Gasteiger partial charge in [-0.1, -0.05) is 0 Å². The SMILES string of the molecule is COc1ccc(I)cc1C(N)C1CC1. The largest absolute Gasteiger partial charge is 0.496 e. The smallest absolute Gasteiger partial charge is 0.123 e. The van der Waals surface area contributed by atoms with E-state index in [-0.39, 0.29) is 6.04 Å². The molecular formula is C11H14INO. The van der Waals surface area contributed by atoms with Crippen LogP contribution in [0.3, 0.4) is 0 Å². The summed E-state index contributed by atoms with van der Waals surface area (Å²) in [7, 11) is 1.70. The summed E-state index contributed by atoms with van der Waals surface area (Å²) in [4.78, 5) is 0. The molecule has 0 spiro atoms. The first kappa shape index (κ1) is 10.2. The molecule has 0 heterocycles. The lowest BCUT2D eigenvalue weighted by molar-refractivity contribution is 0.403. The molecule has 1 saturated carbocycles. The second-order valence-corrected chi connectivity index (χ2v) is 5.00. The standard InChI is InChI=1S/C11H14INO/c1-14-10-5-4-8(12)6-9(10)11(13)7-2-3-7/h4-7,11H,2-3,13H2,1H3. The monoisotopic (exact) mass is 303 g/mol. The lowest BCUT2D eigenvalue weighted by atomic mass is 10.0. The van der Waals surface area contributed by atoms with Gasteiger partial charge < -0.3 is 10.5 Å². The summed E-state index contributed by atoms with van der Waals surface area (Å²) in [6.07, 6.45) is 2.52. The lowest BCUT2D eigenvalue weighted by Crippen LogP contribution is -2.13. The van der Waals surface area contributed by atoms with Crippen molar-refractivity contribution in [1.82, 2.24) is 0 Å². The predicted molar refractivity (Wildman–Crippen MR) is 65.4 cm³/mol. The molecule has 0 saturated heterocycles. The molecule has 0 radical (unpaired) electrons. The van der Waals surface area contributed by atoms with Gasteiger partial charge in [0.15, 0.2) is 0 Å². The molecule has 1 aliphatic rings. The molecule has 76 valence electrons. The number of hydrogen-bond donors (Lipinski definition) is 1. The van der Waals surface area contributed by atoms with Gasteiger partial charge in [0, 0.05) is 15.2 Å². The minimum absolute atomic E-state index is 0.152. The van der Waals surface area contributed by atoms with E-state index >= 15 is 0 Å². The van der Waals surface area contributed by atoms with E-state index in [1.54, 1.807) is 7.11 Å². The second-order valence-electron chi connectivity index (χ2n) is 3.75. The molecule has 2 rings (SSSR count). The van der Waals surface area contributed by atoms with E-state index < -0.39 is 0 Å². The number of ether oxygens (including phenoxy) is 1. The fourth-order valence-corrected chi connectivity index (χ4v) is 2.19. The fraction of sp³-hybridized carbons (Fsp3) is 0.455. The van der Waals surface area contributed by atoms with Crippen LogP contribution < -0.4 is 10.5 Å². The van der Waals surface area contributed by atoms with Gasteiger partial charge in [0.2, 0.25) is 0 Å². The Bertz CT molecular complexity index is 336. The highest BCUT2D eigenvalue weighted by Crippen LogP contribution is 2.42. The first-order valence-electron chi connectivity index (χ1n) is 4.81. The molecule has 0 aromatic heterocycles. The van der Waals surface area contributed by atoms with Gasteiger partial charge in [-0.2, -0.15) is 0 Å². The van der Waals surface area contributed by atoms with Gasteiger partial charge in [0.05, 0.1) is 7.11 Å². The summed E-state index contributed by atoms with van der Waals surface area (Å²) >= 11 is 2.30. The number of halogens is 1. The highest BCUT2D eigenvalue weighted by molar-refractivity contribution is 14.1. The molecule has 1 aliphatic carbocycles. The Labute approximate surface area is 98.0 Å². The van der Waals surface area contributed by atoms with E-state index in [2.05, 4.69) is 28.7 Å². The maximum absolute atomic E-state index is 6.16. The number of nitrogens with two attached hydrogens (primary N) is 1. The fourth-order valence-electron chi connectivity index (χ4n) is 1.67. The van der Waals surface area contributed by atoms with E-state index in [1.807, 2.05) is 12.1 Å². The van der Waals surface area contributed by atoms with E-state index in [9.17, 15) is 0 Å². The zero-order chi connectivity index (χ0) is 10.1. The minimum atomic E-state index is 0.152. The van der Waals surface area contributed by atoms with Crippen molar-refractivity contribution >= 4 is 22.6 Å². The van der Waals surface area contributed by atoms with Gasteiger partial charge in [-0.05, 0) is 59.5 Å². The number of hydrogen-bond acceptors (Lipinski definition) is 2. The Morgan fingerprint density at radius 3 is 2.79 bits per heavy atom. The van der Waals surface area contributed by atoms with Crippen molar-refractivity contribution in [1.29, 1.82) is 0 Å². The van der Waals surface area contributed by atoms with Crippen molar-refractivity contribution in [2.24, 2.45) is 11.7 Å². The summed E-state index contributed by atoms with van der Waals surface area (Å²) < 4.78 is 6.53. The molecule has 2 nitrogen and oxygen atoms in total. The summed E-state index contributed by atoms with van der Waals surface area (Å²) in [5, 5.41) is 0. The predicted octanol–water partition coefficient (Wildman–Crippen LogP) is 2.71. The molecule has 1 aromatic carbocycles. The first-order chi connectivity index (χ1) is 6.72. The van der Waals surface area contributed by atoms with Crippen LogP contribution in [0.4, 0.5) is 0 Å². The van der Waals surface area contributed by atoms with Gasteiger partial charge in [0.25, 0.3) is 0 Å². The molecule has 3 heteroatoms. The van der Waals surface area contributed by atoms with Crippen molar-refractivity contribution in [3.05, 3.63) is 27.3 Å². The Hall–Kier alpha value is -0.290. The number of rotatable bonds is 3. The number of benzene rings is 1. The molecule has 0 bridgehead atoms. The van der Waals surface area contributed by atoms with Crippen LogP contribution in [0.15, 0.2) is 18.2 Å². The van der Waals surface area contributed by atoms with Crippen LogP contribution >= 0.6 is 22.6 Å². The van der Waals surface area contributed by atoms with Crippen molar-refractivity contribution in [2.45, 2.75) is 18.9 Å². The summed E-state index contributed by atoms with van der Waals surface area (Å²) in [5.74, 6) is 1.59. The van der Waals surface area contributed by atoms with Gasteiger partial charge in [-0.15, -0.1) is 0 Å². The minimum Gasteiger partial charge on any atom is -0.496 e. The molecule has 1 atom stereocenters. The molecule has 0 amide bonds. The first-order valence-corrected chi connectivity index (χ1v) is 5.89. The average molecular weight is 303 g/mol. The van der Waals surface area contributed by atoms with E-state index in [4.69, 9.17) is 10.5 Å². The van der Waals surface area contributed by atoms with Gasteiger partial charge in [0.1, 0.15) is 5.75 Å². The Morgan fingerprint density at radius 2 is 2.21 bits per heavy atom. The van der Waals surface area contributed by atoms with Crippen LogP contribution in [-0.4, -0.2) is 7.11 Å². The third kappa shape index (κ3) is 2.03. The van der Waals surface area contributed by atoms with E-state index in [0.717, 1.165) is 11.3 Å². The van der Waals surface area contributed by atoms with E-state index in [0.29, 0.717) is 5.92 Å². The molecule has 2 N–H and O–H groups in total. The molecule has 14 heavy (non-hydrogen) atoms. The number of methoxy groups -OCH3 is 1. The van der Waals surface area contributed by atoms with Crippen LogP contribution in [-0.2, 0) is 0 Å². The van der Waals surface area contributed by atoms with E-state index in [1.165, 1.54) is 16.4 Å². The highest BCUT2D eigenvalue weighted by Gasteiger charge is 2.31. The molecule has 1 fully saturated rings. The van der Waals surface area contributed by atoms with Crippen LogP contribution in [0.25, 0.3) is 0 Å². The van der Waals surface area contributed by atoms with Crippen molar-refractivity contribution in [3.8, 4) is 5.75 Å². The van der Waals surface area contributed by atoms with Crippen molar-refractivity contribution in [2.75, 3.05) is 7.11 Å². The van der Waals surface area contributed by atoms with Crippen LogP contribution in [0.1, 0.15) is 24.4 Å². The van der Waals surface area contributed by atoms with Crippen LogP contribution in [0.2, 0.25) is 0 Å². The average Bonchev–Trinajstić information content (AvgIpc) is 3.00. The van der Waals surface area contributed by atoms with Crippen LogP contribution in [0, 0.1) is 9.49 Å². The molecular weight excluding hydrogens is 289 g/mol. The Kier molecular flexibility index (Phi) is 2.97. The van der Waals surface area contributed by atoms with Crippen molar-refractivity contribution in [3.63, 3.8) is 0 Å². The lowest BCUT2D eigenvalue weighted by Gasteiger charge is -2.15. The second kappa shape index (κ2) is 4.06. The summed E-state index contributed by atoms with van der Waals surface area (Å²) in [6.45, 7) is 0. The third-order valence-corrected chi connectivity index (χ3v) is 3.35. The maximum atomic E-state index is 6.16. The summed E-state index contributed by atoms with van der Waals surface area (Å²) in [5.41, 5.74) is 7.32. The Balaban J connectivity index is 2.32. The maximum Gasteiger partial charge on any atom is 0.123 e. The Morgan fingerprint density at radius 1 is 1.50 bits per heavy atom. The quantitative estimate of drug-likeness (QED) is 0.871. The van der Waals surface area contributed by atoms with Gasteiger partial charge in [-0.25, -0.2) is 0 Å². The van der Waals surface area contributed by atoms with Gasteiger partial charge in [-0.3, -0.25) is 0 Å². The van der Waals surface area contributed by atoms with Crippen LogP contribution in [0.5, 0.6) is 5.75 Å². The summed E-state index contributed by atoms with van der Waals surface area (Å²) in [6, 6.07) is 6.32. The third-order valence-electron chi connectivity index (χ3n) is 2.68. The normalized spacial score (nSPS) is 17.9. The molecule has 1 aromatic rings. The van der Waals surface area contributed by atoms with Gasteiger partial charge >= 0.3 is 0 Å². The zero-order valence-corrected chi connectivity index (χ0v) is 10.3.